The van der Waals surface area contributed by atoms with Crippen molar-refractivity contribution < 1.29 is 0 Å². The van der Waals surface area contributed by atoms with Gasteiger partial charge >= 0.3 is 0 Å². The number of nitrogens with zero attached hydrogens (tertiary/aromatic N) is 2. The summed E-state index contributed by atoms with van der Waals surface area (Å²) in [6.45, 7) is 5.27. The minimum atomic E-state index is 0.401. The molecule has 1 saturated heterocycles. The fourth-order valence-electron chi connectivity index (χ4n) is 2.40. The summed E-state index contributed by atoms with van der Waals surface area (Å²) < 4.78 is 0. The SMILES string of the molecule is Cc1ccc(C(N)=S)c(NCC2CCN(C)CC2)n1. The van der Waals surface area contributed by atoms with Crippen LogP contribution in [0.25, 0.3) is 0 Å². The highest BCUT2D eigenvalue weighted by atomic mass is 32.1. The number of pyridine rings is 1. The minimum absolute atomic E-state index is 0.401. The third kappa shape index (κ3) is 3.88. The number of anilines is 1. The molecule has 1 aromatic heterocycles. The lowest BCUT2D eigenvalue weighted by Gasteiger charge is -2.29. The normalized spacial score (nSPS) is 17.4. The Morgan fingerprint density at radius 2 is 2.16 bits per heavy atom. The van der Waals surface area contributed by atoms with Gasteiger partial charge in [0.1, 0.15) is 10.8 Å². The smallest absolute Gasteiger partial charge is 0.136 e. The van der Waals surface area contributed by atoms with E-state index in [4.69, 9.17) is 18.0 Å². The Morgan fingerprint density at radius 3 is 2.79 bits per heavy atom. The summed E-state index contributed by atoms with van der Waals surface area (Å²) in [5, 5.41) is 3.42. The van der Waals surface area contributed by atoms with E-state index in [9.17, 15) is 0 Å². The molecule has 0 bridgehead atoms. The van der Waals surface area contributed by atoms with E-state index in [1.165, 1.54) is 25.9 Å². The van der Waals surface area contributed by atoms with E-state index in [0.717, 1.165) is 23.6 Å². The van der Waals surface area contributed by atoms with E-state index in [1.807, 2.05) is 19.1 Å². The van der Waals surface area contributed by atoms with Gasteiger partial charge in [0, 0.05) is 12.2 Å². The number of nitrogens with two attached hydrogens (primary N) is 1. The lowest BCUT2D eigenvalue weighted by molar-refractivity contribution is 0.226. The fraction of sp³-hybridized carbons (Fsp3) is 0.571. The van der Waals surface area contributed by atoms with Crippen LogP contribution in [0, 0.1) is 12.8 Å². The second-order valence-corrected chi connectivity index (χ2v) is 5.78. The third-order valence-electron chi connectivity index (χ3n) is 3.70. The molecule has 0 saturated carbocycles. The molecule has 1 aliphatic heterocycles. The Hall–Kier alpha value is -1.20. The highest BCUT2D eigenvalue weighted by Gasteiger charge is 2.17. The monoisotopic (exact) mass is 278 g/mol. The molecule has 1 fully saturated rings. The number of thiocarbonyl (C=S) groups is 1. The number of piperidine rings is 1. The molecule has 1 aromatic rings. The zero-order chi connectivity index (χ0) is 13.8. The van der Waals surface area contributed by atoms with Crippen molar-refractivity contribution in [3.05, 3.63) is 23.4 Å². The van der Waals surface area contributed by atoms with Crippen LogP contribution < -0.4 is 11.1 Å². The first-order valence-electron chi connectivity index (χ1n) is 6.76. The molecule has 19 heavy (non-hydrogen) atoms. The first-order chi connectivity index (χ1) is 9.06. The predicted octanol–water partition coefficient (Wildman–Crippen LogP) is 1.78. The van der Waals surface area contributed by atoms with Crippen molar-refractivity contribution in [1.29, 1.82) is 0 Å². The highest BCUT2D eigenvalue weighted by molar-refractivity contribution is 7.80. The van der Waals surface area contributed by atoms with Crippen molar-refractivity contribution in [2.75, 3.05) is 32.0 Å². The van der Waals surface area contributed by atoms with E-state index in [1.54, 1.807) is 0 Å². The van der Waals surface area contributed by atoms with Crippen LogP contribution in [0.2, 0.25) is 0 Å². The number of rotatable bonds is 4. The predicted molar refractivity (Wildman–Crippen MR) is 83.6 cm³/mol. The highest BCUT2D eigenvalue weighted by Crippen LogP contribution is 2.18. The Labute approximate surface area is 120 Å². The number of aryl methyl sites for hydroxylation is 1. The van der Waals surface area contributed by atoms with Crippen molar-refractivity contribution in [2.24, 2.45) is 11.7 Å². The largest absolute Gasteiger partial charge is 0.389 e. The van der Waals surface area contributed by atoms with Crippen LogP contribution in [0.1, 0.15) is 24.1 Å². The Bertz CT molecular complexity index is 453. The molecule has 104 valence electrons. The molecule has 0 radical (unpaired) electrons. The number of hydrogen-bond donors (Lipinski definition) is 2. The second-order valence-electron chi connectivity index (χ2n) is 5.34. The molecule has 0 spiro atoms. The number of likely N-dealkylation sites (tertiary alicyclic amines) is 1. The molecule has 0 amide bonds. The second kappa shape index (κ2) is 6.30. The molecule has 1 aliphatic rings. The maximum atomic E-state index is 5.74. The first-order valence-corrected chi connectivity index (χ1v) is 7.17. The van der Waals surface area contributed by atoms with Crippen LogP contribution in [-0.4, -0.2) is 41.6 Å². The van der Waals surface area contributed by atoms with Crippen LogP contribution in [0.3, 0.4) is 0 Å². The van der Waals surface area contributed by atoms with Gasteiger partial charge in [0.05, 0.1) is 5.56 Å². The molecule has 2 rings (SSSR count). The van der Waals surface area contributed by atoms with Gasteiger partial charge < -0.3 is 16.0 Å². The molecule has 0 aliphatic carbocycles. The molecule has 3 N–H and O–H groups in total. The van der Waals surface area contributed by atoms with E-state index < -0.39 is 0 Å². The molecule has 4 nitrogen and oxygen atoms in total. The Balaban J connectivity index is 1.98. The molecule has 0 atom stereocenters. The van der Waals surface area contributed by atoms with Gasteiger partial charge in [-0.15, -0.1) is 0 Å². The minimum Gasteiger partial charge on any atom is -0.389 e. The van der Waals surface area contributed by atoms with Gasteiger partial charge in [-0.05, 0) is 58.0 Å². The van der Waals surface area contributed by atoms with Crippen molar-refractivity contribution in [2.45, 2.75) is 19.8 Å². The summed E-state index contributed by atoms with van der Waals surface area (Å²) in [5.74, 6) is 1.53. The number of hydrogen-bond acceptors (Lipinski definition) is 4. The molecule has 2 heterocycles. The average molecular weight is 278 g/mol. The maximum Gasteiger partial charge on any atom is 0.136 e. The van der Waals surface area contributed by atoms with E-state index >= 15 is 0 Å². The number of nitrogens with one attached hydrogen (secondary N) is 1. The van der Waals surface area contributed by atoms with Crippen LogP contribution in [0.4, 0.5) is 5.82 Å². The first kappa shape index (κ1) is 14.2. The molecule has 0 aromatic carbocycles. The Morgan fingerprint density at radius 1 is 1.47 bits per heavy atom. The summed E-state index contributed by atoms with van der Waals surface area (Å²) >= 11 is 5.07. The van der Waals surface area contributed by atoms with Gasteiger partial charge in [-0.3, -0.25) is 0 Å². The summed E-state index contributed by atoms with van der Waals surface area (Å²) in [6.07, 6.45) is 2.47. The van der Waals surface area contributed by atoms with Crippen LogP contribution in [-0.2, 0) is 0 Å². The van der Waals surface area contributed by atoms with Gasteiger partial charge in [0.25, 0.3) is 0 Å². The zero-order valence-electron chi connectivity index (χ0n) is 11.6. The zero-order valence-corrected chi connectivity index (χ0v) is 12.5. The molecular weight excluding hydrogens is 256 g/mol. The summed E-state index contributed by atoms with van der Waals surface area (Å²) in [5.41, 5.74) is 7.56. The number of aromatic nitrogens is 1. The van der Waals surface area contributed by atoms with E-state index in [2.05, 4.69) is 22.2 Å². The average Bonchev–Trinajstić information content (AvgIpc) is 2.38. The third-order valence-corrected chi connectivity index (χ3v) is 3.92. The molecule has 5 heteroatoms. The summed E-state index contributed by atoms with van der Waals surface area (Å²) in [6, 6.07) is 3.89. The molecular formula is C14H22N4S. The van der Waals surface area contributed by atoms with Crippen molar-refractivity contribution in [3.8, 4) is 0 Å². The van der Waals surface area contributed by atoms with Crippen LogP contribution in [0.5, 0.6) is 0 Å². The lowest BCUT2D eigenvalue weighted by Crippen LogP contribution is -2.33. The quantitative estimate of drug-likeness (QED) is 0.822. The maximum absolute atomic E-state index is 5.74. The van der Waals surface area contributed by atoms with Crippen molar-refractivity contribution >= 4 is 23.0 Å². The van der Waals surface area contributed by atoms with Crippen LogP contribution in [0.15, 0.2) is 12.1 Å². The topological polar surface area (TPSA) is 54.2 Å². The van der Waals surface area contributed by atoms with Gasteiger partial charge in [0.2, 0.25) is 0 Å². The van der Waals surface area contributed by atoms with Crippen LogP contribution >= 0.6 is 12.2 Å². The van der Waals surface area contributed by atoms with E-state index in [-0.39, 0.29) is 0 Å². The Kier molecular flexibility index (Phi) is 4.71. The van der Waals surface area contributed by atoms with E-state index in [0.29, 0.717) is 10.9 Å². The lowest BCUT2D eigenvalue weighted by atomic mass is 9.97. The molecule has 0 unspecified atom stereocenters. The van der Waals surface area contributed by atoms with Gasteiger partial charge in [-0.25, -0.2) is 4.98 Å². The van der Waals surface area contributed by atoms with Gasteiger partial charge in [-0.1, -0.05) is 12.2 Å². The fourth-order valence-corrected chi connectivity index (χ4v) is 2.56. The van der Waals surface area contributed by atoms with Gasteiger partial charge in [0.15, 0.2) is 0 Å². The van der Waals surface area contributed by atoms with Crippen molar-refractivity contribution in [3.63, 3.8) is 0 Å². The summed E-state index contributed by atoms with van der Waals surface area (Å²) in [4.78, 5) is 7.28. The van der Waals surface area contributed by atoms with Gasteiger partial charge in [-0.2, -0.15) is 0 Å². The summed E-state index contributed by atoms with van der Waals surface area (Å²) in [7, 11) is 2.18. The van der Waals surface area contributed by atoms with Crippen molar-refractivity contribution in [1.82, 2.24) is 9.88 Å². The standard InChI is InChI=1S/C14H22N4S/c1-10-3-4-12(13(15)19)14(17-10)16-9-11-5-7-18(2)8-6-11/h3-4,11H,5-9H2,1-2H3,(H2,15,19)(H,16,17).